The molecular weight excluding hydrogens is 300 g/mol. The van der Waals surface area contributed by atoms with Crippen molar-refractivity contribution in [2.24, 2.45) is 0 Å². The van der Waals surface area contributed by atoms with E-state index in [1.54, 1.807) is 19.9 Å². The van der Waals surface area contributed by atoms with Crippen molar-refractivity contribution in [3.63, 3.8) is 0 Å². The summed E-state index contributed by atoms with van der Waals surface area (Å²) >= 11 is 0. The molecule has 0 radical (unpaired) electrons. The van der Waals surface area contributed by atoms with Crippen LogP contribution >= 0.6 is 0 Å². The third kappa shape index (κ3) is 5.92. The highest BCUT2D eigenvalue weighted by Crippen LogP contribution is 2.22. The van der Waals surface area contributed by atoms with Crippen molar-refractivity contribution < 1.29 is 32.0 Å². The standard InChI is InChI=1S/C13H16O7S/c1-3-12(14)20-11-8-9(2)4-5-10(11)13(15)19-6-7-21(16,17)18/h4-5,8H,3,6-7H2,1-2H3,(H,16,17,18). The van der Waals surface area contributed by atoms with Crippen LogP contribution in [0.2, 0.25) is 0 Å². The molecule has 0 amide bonds. The molecule has 0 spiro atoms. The zero-order valence-corrected chi connectivity index (χ0v) is 12.5. The van der Waals surface area contributed by atoms with Crippen LogP contribution in [0.1, 0.15) is 29.3 Å². The lowest BCUT2D eigenvalue weighted by molar-refractivity contribution is -0.134. The van der Waals surface area contributed by atoms with Gasteiger partial charge in [0.05, 0.1) is 0 Å². The number of aryl methyl sites for hydroxylation is 1. The summed E-state index contributed by atoms with van der Waals surface area (Å²) in [5.74, 6) is -1.99. The highest BCUT2D eigenvalue weighted by atomic mass is 32.2. The molecule has 0 aliphatic carbocycles. The van der Waals surface area contributed by atoms with Crippen LogP contribution in [0.5, 0.6) is 5.75 Å². The Morgan fingerprint density at radius 2 is 1.95 bits per heavy atom. The van der Waals surface area contributed by atoms with E-state index in [1.165, 1.54) is 12.1 Å². The van der Waals surface area contributed by atoms with Gasteiger partial charge in [0.1, 0.15) is 23.7 Å². The van der Waals surface area contributed by atoms with Crippen molar-refractivity contribution in [2.45, 2.75) is 20.3 Å². The maximum Gasteiger partial charge on any atom is 0.341 e. The molecule has 21 heavy (non-hydrogen) atoms. The van der Waals surface area contributed by atoms with Gasteiger partial charge in [0, 0.05) is 6.42 Å². The summed E-state index contributed by atoms with van der Waals surface area (Å²) in [6.07, 6.45) is 0.144. The second-order valence-corrected chi connectivity index (χ2v) is 5.82. The number of ether oxygens (including phenoxy) is 2. The molecule has 1 rings (SSSR count). The molecule has 1 aromatic carbocycles. The van der Waals surface area contributed by atoms with Gasteiger partial charge in [0.15, 0.2) is 0 Å². The van der Waals surface area contributed by atoms with Gasteiger partial charge in [-0.25, -0.2) is 4.79 Å². The molecule has 0 saturated carbocycles. The van der Waals surface area contributed by atoms with Crippen molar-refractivity contribution in [1.29, 1.82) is 0 Å². The molecule has 7 nitrogen and oxygen atoms in total. The first-order valence-corrected chi connectivity index (χ1v) is 7.77. The van der Waals surface area contributed by atoms with E-state index in [4.69, 9.17) is 14.0 Å². The van der Waals surface area contributed by atoms with Crippen LogP contribution in [0.4, 0.5) is 0 Å². The molecule has 0 bridgehead atoms. The fourth-order valence-electron chi connectivity index (χ4n) is 1.39. The number of hydrogen-bond donors (Lipinski definition) is 1. The molecule has 116 valence electrons. The summed E-state index contributed by atoms with van der Waals surface area (Å²) in [5.41, 5.74) is 0.793. The fraction of sp³-hybridized carbons (Fsp3) is 0.385. The van der Waals surface area contributed by atoms with Crippen LogP contribution in [0.3, 0.4) is 0 Å². The third-order valence-electron chi connectivity index (χ3n) is 2.44. The molecule has 0 fully saturated rings. The molecule has 1 aromatic rings. The number of carbonyl (C=O) groups excluding carboxylic acids is 2. The molecule has 0 aliphatic heterocycles. The average molecular weight is 316 g/mol. The van der Waals surface area contributed by atoms with Crippen LogP contribution in [0.15, 0.2) is 18.2 Å². The van der Waals surface area contributed by atoms with Crippen molar-refractivity contribution in [1.82, 2.24) is 0 Å². The Hall–Kier alpha value is -1.93. The van der Waals surface area contributed by atoms with E-state index < -0.39 is 34.4 Å². The van der Waals surface area contributed by atoms with Gasteiger partial charge in [-0.1, -0.05) is 13.0 Å². The minimum absolute atomic E-state index is 0.0118. The molecular formula is C13H16O7S. The SMILES string of the molecule is CCC(=O)Oc1cc(C)ccc1C(=O)OCCS(=O)(=O)O. The van der Waals surface area contributed by atoms with Crippen LogP contribution in [0, 0.1) is 6.92 Å². The Kier molecular flexibility index (Phi) is 5.86. The van der Waals surface area contributed by atoms with Gasteiger partial charge in [0.2, 0.25) is 0 Å². The monoisotopic (exact) mass is 316 g/mol. The van der Waals surface area contributed by atoms with Crippen LogP contribution < -0.4 is 4.74 Å². The zero-order chi connectivity index (χ0) is 16.0. The summed E-state index contributed by atoms with van der Waals surface area (Å²) in [7, 11) is -4.20. The third-order valence-corrected chi connectivity index (χ3v) is 3.13. The van der Waals surface area contributed by atoms with Crippen LogP contribution in [-0.4, -0.2) is 37.3 Å². The van der Waals surface area contributed by atoms with E-state index in [9.17, 15) is 18.0 Å². The summed E-state index contributed by atoms with van der Waals surface area (Å²) in [4.78, 5) is 23.2. The summed E-state index contributed by atoms with van der Waals surface area (Å²) < 4.78 is 39.4. The largest absolute Gasteiger partial charge is 0.461 e. The van der Waals surface area contributed by atoms with Crippen molar-refractivity contribution in [3.05, 3.63) is 29.3 Å². The number of hydrogen-bond acceptors (Lipinski definition) is 6. The highest BCUT2D eigenvalue weighted by Gasteiger charge is 2.17. The molecule has 0 atom stereocenters. The Morgan fingerprint density at radius 1 is 1.29 bits per heavy atom. The van der Waals surface area contributed by atoms with Gasteiger partial charge in [-0.05, 0) is 24.6 Å². The normalized spacial score (nSPS) is 11.0. The fourth-order valence-corrected chi connectivity index (χ4v) is 1.69. The predicted octanol–water partition coefficient (Wildman–Crippen LogP) is 1.36. The summed E-state index contributed by atoms with van der Waals surface area (Å²) in [6, 6.07) is 4.55. The maximum absolute atomic E-state index is 11.8. The van der Waals surface area contributed by atoms with Crippen LogP contribution in [-0.2, 0) is 19.6 Å². The highest BCUT2D eigenvalue weighted by molar-refractivity contribution is 7.85. The molecule has 0 saturated heterocycles. The molecule has 8 heteroatoms. The minimum atomic E-state index is -4.20. The van der Waals surface area contributed by atoms with E-state index in [0.717, 1.165) is 5.56 Å². The maximum atomic E-state index is 11.8. The molecule has 0 heterocycles. The number of benzene rings is 1. The second-order valence-electron chi connectivity index (χ2n) is 4.25. The smallest absolute Gasteiger partial charge is 0.341 e. The first-order chi connectivity index (χ1) is 9.73. The van der Waals surface area contributed by atoms with E-state index in [0.29, 0.717) is 0 Å². The Morgan fingerprint density at radius 3 is 2.52 bits per heavy atom. The Bertz CT molecular complexity index is 634. The van der Waals surface area contributed by atoms with E-state index in [2.05, 4.69) is 0 Å². The number of rotatable bonds is 6. The quantitative estimate of drug-likeness (QED) is 0.479. The van der Waals surface area contributed by atoms with Gasteiger partial charge in [-0.2, -0.15) is 8.42 Å². The second kappa shape index (κ2) is 7.19. The van der Waals surface area contributed by atoms with Gasteiger partial charge in [-0.3, -0.25) is 9.35 Å². The predicted molar refractivity (Wildman–Crippen MR) is 73.8 cm³/mol. The van der Waals surface area contributed by atoms with Gasteiger partial charge in [0.25, 0.3) is 10.1 Å². The minimum Gasteiger partial charge on any atom is -0.461 e. The lowest BCUT2D eigenvalue weighted by Crippen LogP contribution is -2.16. The summed E-state index contributed by atoms with van der Waals surface area (Å²) in [6.45, 7) is 2.88. The number of carbonyl (C=O) groups is 2. The molecule has 1 N–H and O–H groups in total. The van der Waals surface area contributed by atoms with Crippen LogP contribution in [0.25, 0.3) is 0 Å². The Balaban J connectivity index is 2.85. The van der Waals surface area contributed by atoms with E-state index in [-0.39, 0.29) is 17.7 Å². The van der Waals surface area contributed by atoms with Crippen molar-refractivity contribution >= 4 is 22.1 Å². The van der Waals surface area contributed by atoms with E-state index in [1.807, 2.05) is 0 Å². The first-order valence-electron chi connectivity index (χ1n) is 6.16. The van der Waals surface area contributed by atoms with Crippen molar-refractivity contribution in [3.8, 4) is 5.75 Å². The molecule has 0 unspecified atom stereocenters. The summed E-state index contributed by atoms with van der Waals surface area (Å²) in [5, 5.41) is 0. The zero-order valence-electron chi connectivity index (χ0n) is 11.7. The van der Waals surface area contributed by atoms with Gasteiger partial charge in [-0.15, -0.1) is 0 Å². The lowest BCUT2D eigenvalue weighted by atomic mass is 10.1. The van der Waals surface area contributed by atoms with E-state index >= 15 is 0 Å². The molecule has 0 aliphatic rings. The molecule has 0 aromatic heterocycles. The van der Waals surface area contributed by atoms with Gasteiger partial charge >= 0.3 is 11.9 Å². The first kappa shape index (κ1) is 17.1. The lowest BCUT2D eigenvalue weighted by Gasteiger charge is -2.10. The Labute approximate surface area is 122 Å². The van der Waals surface area contributed by atoms with Gasteiger partial charge < -0.3 is 9.47 Å². The number of esters is 2. The average Bonchev–Trinajstić information content (AvgIpc) is 2.37. The van der Waals surface area contributed by atoms with Crippen molar-refractivity contribution in [2.75, 3.05) is 12.4 Å². The topological polar surface area (TPSA) is 107 Å².